The summed E-state index contributed by atoms with van der Waals surface area (Å²) in [7, 11) is 0. The zero-order valence-corrected chi connectivity index (χ0v) is 12.8. The Morgan fingerprint density at radius 2 is 1.81 bits per heavy atom. The van der Waals surface area contributed by atoms with Gasteiger partial charge in [0.05, 0.1) is 0 Å². The third-order valence-corrected chi connectivity index (χ3v) is 5.68. The van der Waals surface area contributed by atoms with Gasteiger partial charge in [0.25, 0.3) is 0 Å². The van der Waals surface area contributed by atoms with Crippen LogP contribution in [0, 0.1) is 11.8 Å². The van der Waals surface area contributed by atoms with Gasteiger partial charge in [-0.3, -0.25) is 4.90 Å². The van der Waals surface area contributed by atoms with Gasteiger partial charge in [-0.25, -0.2) is 9.97 Å². The molecule has 1 aliphatic carbocycles. The highest BCUT2D eigenvalue weighted by molar-refractivity contribution is 5.30. The molecule has 2 aliphatic heterocycles. The molecule has 1 saturated carbocycles. The van der Waals surface area contributed by atoms with E-state index in [1.165, 1.54) is 51.6 Å². The molecule has 0 aromatic carbocycles. The largest absolute Gasteiger partial charge is 0.340 e. The number of hydrogen-bond acceptors (Lipinski definition) is 4. The van der Waals surface area contributed by atoms with Crippen LogP contribution in [0.1, 0.15) is 38.5 Å². The van der Waals surface area contributed by atoms with E-state index >= 15 is 0 Å². The quantitative estimate of drug-likeness (QED) is 0.855. The van der Waals surface area contributed by atoms with Crippen molar-refractivity contribution in [2.75, 3.05) is 31.1 Å². The minimum Gasteiger partial charge on any atom is -0.340 e. The fourth-order valence-corrected chi connectivity index (χ4v) is 4.53. The molecule has 0 spiro atoms. The molecule has 2 unspecified atom stereocenters. The summed E-state index contributed by atoms with van der Waals surface area (Å²) in [5.41, 5.74) is 0. The number of aromatic nitrogens is 2. The van der Waals surface area contributed by atoms with Gasteiger partial charge in [-0.1, -0.05) is 19.3 Å². The predicted molar refractivity (Wildman–Crippen MR) is 84.3 cm³/mol. The minimum absolute atomic E-state index is 0.839. The minimum atomic E-state index is 0.839. The Kier molecular flexibility index (Phi) is 3.80. The van der Waals surface area contributed by atoms with Gasteiger partial charge in [0.2, 0.25) is 5.95 Å². The highest BCUT2D eigenvalue weighted by Gasteiger charge is 2.43. The van der Waals surface area contributed by atoms with E-state index in [1.54, 1.807) is 0 Å². The smallest absolute Gasteiger partial charge is 0.225 e. The van der Waals surface area contributed by atoms with Crippen molar-refractivity contribution >= 4 is 5.95 Å². The van der Waals surface area contributed by atoms with Crippen molar-refractivity contribution in [1.29, 1.82) is 0 Å². The van der Waals surface area contributed by atoms with Crippen molar-refractivity contribution in [2.24, 2.45) is 11.8 Å². The van der Waals surface area contributed by atoms with Crippen molar-refractivity contribution in [2.45, 2.75) is 44.6 Å². The summed E-state index contributed by atoms with van der Waals surface area (Å²) in [6.07, 6.45) is 12.3. The van der Waals surface area contributed by atoms with Crippen molar-refractivity contribution < 1.29 is 0 Å². The molecule has 4 nitrogen and oxygen atoms in total. The van der Waals surface area contributed by atoms with Gasteiger partial charge in [0.15, 0.2) is 0 Å². The molecular weight excluding hydrogens is 260 g/mol. The summed E-state index contributed by atoms with van der Waals surface area (Å²) < 4.78 is 0. The molecule has 1 aromatic rings. The zero-order valence-electron chi connectivity index (χ0n) is 12.8. The Morgan fingerprint density at radius 1 is 1.00 bits per heavy atom. The Morgan fingerprint density at radius 3 is 2.57 bits per heavy atom. The van der Waals surface area contributed by atoms with Crippen molar-refractivity contribution in [3.8, 4) is 0 Å². The molecule has 3 aliphatic rings. The van der Waals surface area contributed by atoms with Crippen LogP contribution in [0.4, 0.5) is 5.95 Å². The normalized spacial score (nSPS) is 30.8. The number of piperidine rings is 1. The highest BCUT2D eigenvalue weighted by Crippen LogP contribution is 2.35. The lowest BCUT2D eigenvalue weighted by Gasteiger charge is -2.54. The van der Waals surface area contributed by atoms with Crippen LogP contribution in [-0.2, 0) is 0 Å². The van der Waals surface area contributed by atoms with Crippen LogP contribution in [0.15, 0.2) is 18.5 Å². The number of fused-ring (bicyclic) bond motifs is 1. The van der Waals surface area contributed by atoms with Crippen molar-refractivity contribution in [3.63, 3.8) is 0 Å². The molecule has 4 heteroatoms. The van der Waals surface area contributed by atoms with E-state index < -0.39 is 0 Å². The van der Waals surface area contributed by atoms with Crippen LogP contribution in [0.25, 0.3) is 0 Å². The molecule has 0 amide bonds. The Balaban J connectivity index is 1.30. The van der Waals surface area contributed by atoms with E-state index in [0.29, 0.717) is 0 Å². The lowest BCUT2D eigenvalue weighted by Crippen LogP contribution is -2.64. The third kappa shape index (κ3) is 2.78. The molecule has 2 atom stereocenters. The van der Waals surface area contributed by atoms with Crippen LogP contribution in [0.5, 0.6) is 0 Å². The summed E-state index contributed by atoms with van der Waals surface area (Å²) in [4.78, 5) is 13.9. The van der Waals surface area contributed by atoms with Gasteiger partial charge in [-0.15, -0.1) is 0 Å². The Labute approximate surface area is 127 Å². The van der Waals surface area contributed by atoms with Crippen LogP contribution < -0.4 is 4.90 Å². The lowest BCUT2D eigenvalue weighted by atomic mass is 9.80. The first-order valence-electron chi connectivity index (χ1n) is 8.66. The number of likely N-dealkylation sites (tertiary alicyclic amines) is 1. The molecule has 3 fully saturated rings. The first kappa shape index (κ1) is 13.5. The lowest BCUT2D eigenvalue weighted by molar-refractivity contribution is -0.0138. The second-order valence-electron chi connectivity index (χ2n) is 7.07. The zero-order chi connectivity index (χ0) is 14.1. The fraction of sp³-hybridized carbons (Fsp3) is 0.765. The van der Waals surface area contributed by atoms with E-state index in [2.05, 4.69) is 19.8 Å². The van der Waals surface area contributed by atoms with E-state index in [9.17, 15) is 0 Å². The predicted octanol–water partition coefficient (Wildman–Crippen LogP) is 2.57. The van der Waals surface area contributed by atoms with Gasteiger partial charge in [0, 0.05) is 50.5 Å². The third-order valence-electron chi connectivity index (χ3n) is 5.68. The van der Waals surface area contributed by atoms with Crippen LogP contribution >= 0.6 is 0 Å². The van der Waals surface area contributed by atoms with Gasteiger partial charge < -0.3 is 4.90 Å². The Bertz CT molecular complexity index is 457. The molecule has 0 N–H and O–H groups in total. The van der Waals surface area contributed by atoms with E-state index in [0.717, 1.165) is 36.9 Å². The number of nitrogens with zero attached hydrogens (tertiary/aromatic N) is 4. The molecular formula is C17H26N4. The highest BCUT2D eigenvalue weighted by atomic mass is 15.3. The topological polar surface area (TPSA) is 32.3 Å². The summed E-state index contributed by atoms with van der Waals surface area (Å²) >= 11 is 0. The van der Waals surface area contributed by atoms with Crippen molar-refractivity contribution in [3.05, 3.63) is 18.5 Å². The molecule has 4 rings (SSSR count). The number of anilines is 1. The number of hydrogen-bond donors (Lipinski definition) is 0. The van der Waals surface area contributed by atoms with Crippen LogP contribution in [-0.4, -0.2) is 47.1 Å². The average molecular weight is 286 g/mol. The summed E-state index contributed by atoms with van der Waals surface area (Å²) in [5.74, 6) is 2.74. The first-order valence-corrected chi connectivity index (χ1v) is 8.66. The van der Waals surface area contributed by atoms with Gasteiger partial charge in [0.1, 0.15) is 0 Å². The van der Waals surface area contributed by atoms with Crippen molar-refractivity contribution in [1.82, 2.24) is 14.9 Å². The first-order chi connectivity index (χ1) is 10.4. The van der Waals surface area contributed by atoms with E-state index in [4.69, 9.17) is 0 Å². The summed E-state index contributed by atoms with van der Waals surface area (Å²) in [6.45, 7) is 4.93. The maximum atomic E-state index is 4.40. The molecule has 0 bridgehead atoms. The summed E-state index contributed by atoms with van der Waals surface area (Å²) in [5, 5.41) is 0. The van der Waals surface area contributed by atoms with E-state index in [-0.39, 0.29) is 0 Å². The SMILES string of the molecule is c1cnc(N2CCC3C(C2)CN3CC2CCCCC2)nc1. The van der Waals surface area contributed by atoms with Crippen LogP contribution in [0.2, 0.25) is 0 Å². The number of rotatable bonds is 3. The van der Waals surface area contributed by atoms with Gasteiger partial charge in [-0.05, 0) is 31.2 Å². The fourth-order valence-electron chi connectivity index (χ4n) is 4.53. The Hall–Kier alpha value is -1.16. The molecule has 21 heavy (non-hydrogen) atoms. The van der Waals surface area contributed by atoms with Crippen LogP contribution in [0.3, 0.4) is 0 Å². The maximum Gasteiger partial charge on any atom is 0.225 e. The molecule has 0 radical (unpaired) electrons. The molecule has 2 saturated heterocycles. The standard InChI is InChI=1S/C17H26N4/c1-2-5-14(6-3-1)11-21-13-15-12-20(10-7-16(15)21)17-18-8-4-9-19-17/h4,8-9,14-16H,1-3,5-7,10-13H2. The van der Waals surface area contributed by atoms with Gasteiger partial charge in [-0.2, -0.15) is 0 Å². The summed E-state index contributed by atoms with van der Waals surface area (Å²) in [6, 6.07) is 2.73. The second kappa shape index (κ2) is 5.91. The molecule has 114 valence electrons. The van der Waals surface area contributed by atoms with Gasteiger partial charge >= 0.3 is 0 Å². The molecule has 1 aromatic heterocycles. The average Bonchev–Trinajstić information content (AvgIpc) is 2.54. The van der Waals surface area contributed by atoms with E-state index in [1.807, 2.05) is 18.5 Å². The molecule has 3 heterocycles. The maximum absolute atomic E-state index is 4.40. The second-order valence-corrected chi connectivity index (χ2v) is 7.07. The monoisotopic (exact) mass is 286 g/mol.